The van der Waals surface area contributed by atoms with E-state index < -0.39 is 0 Å². The molecule has 2 atom stereocenters. The first kappa shape index (κ1) is 16.9. The van der Waals surface area contributed by atoms with Crippen molar-refractivity contribution >= 4 is 95.6 Å². The van der Waals surface area contributed by atoms with Crippen molar-refractivity contribution in [3.63, 3.8) is 0 Å². The molecule has 0 aromatic carbocycles. The summed E-state index contributed by atoms with van der Waals surface area (Å²) in [7, 11) is 0. The quantitative estimate of drug-likeness (QED) is 0.263. The van der Waals surface area contributed by atoms with Gasteiger partial charge in [0.15, 0.2) is 0 Å². The van der Waals surface area contributed by atoms with Crippen molar-refractivity contribution in [2.24, 2.45) is 0 Å². The molecule has 0 aromatic heterocycles. The zero-order valence-corrected chi connectivity index (χ0v) is 18.2. The Morgan fingerprint density at radius 3 is 1.94 bits per heavy atom. The molecule has 0 bridgehead atoms. The van der Waals surface area contributed by atoms with Crippen LogP contribution in [0.1, 0.15) is 38.5 Å². The molecule has 16 heavy (non-hydrogen) atoms. The molecular weight excluding hydrogens is 600 g/mol. The Morgan fingerprint density at radius 2 is 1.31 bits per heavy atom. The Labute approximate surface area is 148 Å². The summed E-state index contributed by atoms with van der Waals surface area (Å²) in [5.74, 6) is 0. The fourth-order valence-electron chi connectivity index (χ4n) is 1.74. The summed E-state index contributed by atoms with van der Waals surface area (Å²) < 4.78 is 0.128. The number of halogens is 6. The minimum atomic E-state index is 0.0321. The molecule has 1 aliphatic rings. The van der Waals surface area contributed by atoms with E-state index in [-0.39, 0.29) is 6.47 Å². The van der Waals surface area contributed by atoms with Gasteiger partial charge in [0.2, 0.25) is 0 Å². The summed E-state index contributed by atoms with van der Waals surface area (Å²) in [4.78, 5) is 1.04. The Kier molecular flexibility index (Phi) is 7.46. The first-order valence-electron chi connectivity index (χ1n) is 5.26. The highest BCUT2D eigenvalue weighted by molar-refractivity contribution is 9.25. The second-order valence-electron chi connectivity index (χ2n) is 4.34. The van der Waals surface area contributed by atoms with Crippen molar-refractivity contribution in [1.82, 2.24) is 0 Å². The van der Waals surface area contributed by atoms with Gasteiger partial charge in [0.1, 0.15) is 0 Å². The van der Waals surface area contributed by atoms with Gasteiger partial charge in [-0.1, -0.05) is 102 Å². The standard InChI is InChI=1S/C10H14Br6/c11-7-2-1-3-9(13,14)4-5-10(15,16)6-8(7)12/h7-8H,1-6H2. The molecule has 0 spiro atoms. The predicted molar refractivity (Wildman–Crippen MR) is 94.3 cm³/mol. The third kappa shape index (κ3) is 6.36. The zero-order valence-electron chi connectivity index (χ0n) is 8.67. The average molecular weight is 614 g/mol. The summed E-state index contributed by atoms with van der Waals surface area (Å²) in [5.41, 5.74) is 0. The maximum absolute atomic E-state index is 3.78. The second-order valence-corrected chi connectivity index (χ2v) is 14.9. The van der Waals surface area contributed by atoms with Gasteiger partial charge in [-0.05, 0) is 32.1 Å². The van der Waals surface area contributed by atoms with Gasteiger partial charge in [0.25, 0.3) is 0 Å². The third-order valence-corrected chi connectivity index (χ3v) is 8.56. The number of hydrogen-bond donors (Lipinski definition) is 0. The summed E-state index contributed by atoms with van der Waals surface area (Å²) >= 11 is 22.6. The largest absolute Gasteiger partial charge is 0.0879 e. The van der Waals surface area contributed by atoms with Crippen LogP contribution in [0.3, 0.4) is 0 Å². The molecule has 96 valence electrons. The van der Waals surface area contributed by atoms with Gasteiger partial charge >= 0.3 is 0 Å². The maximum atomic E-state index is 3.78. The Morgan fingerprint density at radius 1 is 0.750 bits per heavy atom. The van der Waals surface area contributed by atoms with E-state index in [1.807, 2.05) is 0 Å². The molecule has 1 fully saturated rings. The molecule has 6 heteroatoms. The normalized spacial score (nSPS) is 35.6. The van der Waals surface area contributed by atoms with Crippen molar-refractivity contribution in [2.75, 3.05) is 0 Å². The molecule has 1 aliphatic carbocycles. The van der Waals surface area contributed by atoms with Crippen molar-refractivity contribution < 1.29 is 0 Å². The fraction of sp³-hybridized carbons (Fsp3) is 1.00. The van der Waals surface area contributed by atoms with Crippen LogP contribution in [-0.2, 0) is 0 Å². The summed E-state index contributed by atoms with van der Waals surface area (Å²) in [6, 6.07) is 0. The highest BCUT2D eigenvalue weighted by Gasteiger charge is 2.34. The molecule has 0 N–H and O–H groups in total. The van der Waals surface area contributed by atoms with Crippen LogP contribution < -0.4 is 0 Å². The molecule has 2 unspecified atom stereocenters. The van der Waals surface area contributed by atoms with E-state index in [0.29, 0.717) is 9.65 Å². The van der Waals surface area contributed by atoms with Gasteiger partial charge in [0.05, 0.1) is 6.47 Å². The monoisotopic (exact) mass is 608 g/mol. The van der Waals surface area contributed by atoms with Crippen LogP contribution in [0.4, 0.5) is 0 Å². The zero-order chi connectivity index (χ0) is 12.4. The lowest BCUT2D eigenvalue weighted by atomic mass is 10.0. The van der Waals surface area contributed by atoms with E-state index in [2.05, 4.69) is 95.6 Å². The van der Waals surface area contributed by atoms with E-state index in [1.165, 1.54) is 12.8 Å². The minimum Gasteiger partial charge on any atom is -0.0879 e. The van der Waals surface area contributed by atoms with Gasteiger partial charge in [-0.3, -0.25) is 0 Å². The van der Waals surface area contributed by atoms with Gasteiger partial charge in [-0.2, -0.15) is 0 Å². The Balaban J connectivity index is 2.68. The maximum Gasteiger partial charge on any atom is 0.0817 e. The van der Waals surface area contributed by atoms with Gasteiger partial charge < -0.3 is 0 Å². The second kappa shape index (κ2) is 7.05. The molecule has 1 saturated carbocycles. The van der Waals surface area contributed by atoms with Crippen molar-refractivity contribution in [1.29, 1.82) is 0 Å². The molecule has 0 saturated heterocycles. The van der Waals surface area contributed by atoms with Gasteiger partial charge in [-0.15, -0.1) is 0 Å². The molecule has 1 rings (SSSR count). The van der Waals surface area contributed by atoms with E-state index in [9.17, 15) is 0 Å². The molecular formula is C10H14Br6. The van der Waals surface area contributed by atoms with E-state index in [0.717, 1.165) is 25.7 Å². The lowest BCUT2D eigenvalue weighted by Gasteiger charge is -2.31. The summed E-state index contributed by atoms with van der Waals surface area (Å²) in [6.07, 6.45) is 6.85. The predicted octanol–water partition coefficient (Wildman–Crippen LogP) is 6.84. The SMILES string of the molecule is BrC1CCCC(Br)(Br)CCC(Br)(Br)CC1Br. The van der Waals surface area contributed by atoms with Crippen LogP contribution in [0.2, 0.25) is 0 Å². The highest BCUT2D eigenvalue weighted by Crippen LogP contribution is 2.47. The lowest BCUT2D eigenvalue weighted by molar-refractivity contribution is 0.521. The van der Waals surface area contributed by atoms with Crippen LogP contribution in [0.5, 0.6) is 0 Å². The van der Waals surface area contributed by atoms with E-state index >= 15 is 0 Å². The van der Waals surface area contributed by atoms with Crippen molar-refractivity contribution in [3.8, 4) is 0 Å². The fourth-order valence-corrected chi connectivity index (χ4v) is 5.99. The van der Waals surface area contributed by atoms with Crippen molar-refractivity contribution in [2.45, 2.75) is 54.6 Å². The van der Waals surface area contributed by atoms with Crippen molar-refractivity contribution in [3.05, 3.63) is 0 Å². The summed E-state index contributed by atoms with van der Waals surface area (Å²) in [6.45, 7) is 0. The molecule has 0 amide bonds. The van der Waals surface area contributed by atoms with Crippen LogP contribution in [0.15, 0.2) is 0 Å². The third-order valence-electron chi connectivity index (χ3n) is 2.77. The van der Waals surface area contributed by atoms with Crippen LogP contribution in [0.25, 0.3) is 0 Å². The average Bonchev–Trinajstić information content (AvgIpc) is 2.13. The van der Waals surface area contributed by atoms with Crippen LogP contribution >= 0.6 is 95.6 Å². The van der Waals surface area contributed by atoms with Gasteiger partial charge in [-0.25, -0.2) is 0 Å². The summed E-state index contributed by atoms with van der Waals surface area (Å²) in [5, 5.41) is 0. The smallest absolute Gasteiger partial charge is 0.0817 e. The lowest BCUT2D eigenvalue weighted by Crippen LogP contribution is -2.27. The minimum absolute atomic E-state index is 0.0321. The topological polar surface area (TPSA) is 0 Å². The Bertz CT molecular complexity index is 227. The van der Waals surface area contributed by atoms with Crippen LogP contribution in [0, 0.1) is 0 Å². The Hall–Kier alpha value is 2.88. The first-order chi connectivity index (χ1) is 7.22. The first-order valence-corrected chi connectivity index (χ1v) is 10.3. The number of alkyl halides is 6. The molecule has 0 radical (unpaired) electrons. The van der Waals surface area contributed by atoms with E-state index in [4.69, 9.17) is 0 Å². The number of hydrogen-bond acceptors (Lipinski definition) is 0. The molecule has 0 nitrogen and oxygen atoms in total. The number of rotatable bonds is 0. The molecule has 0 aliphatic heterocycles. The highest BCUT2D eigenvalue weighted by atomic mass is 79.9. The molecule has 0 heterocycles. The molecule has 0 aromatic rings. The van der Waals surface area contributed by atoms with Crippen LogP contribution in [-0.4, -0.2) is 16.1 Å². The van der Waals surface area contributed by atoms with E-state index in [1.54, 1.807) is 0 Å². The van der Waals surface area contributed by atoms with Gasteiger partial charge in [0, 0.05) is 9.65 Å².